The van der Waals surface area contributed by atoms with Crippen LogP contribution in [0.4, 0.5) is 0 Å². The Balaban J connectivity index is 3.05. The van der Waals surface area contributed by atoms with Crippen molar-refractivity contribution in [3.8, 4) is 0 Å². The Bertz CT molecular complexity index is 381. The maximum Gasteiger partial charge on any atom is 0.305 e. The highest BCUT2D eigenvalue weighted by atomic mass is 16.5. The standard InChI is InChI=1S/C26H50O4/c1-2-30-26(29)24-22-20-18-16-14-12-10-8-6-4-3-5-7-9-11-13-15-17-19-21-23-25(27)28/h2-24H2,1H3,(H,27,28). The Kier molecular flexibility index (Phi) is 23.4. The van der Waals surface area contributed by atoms with Crippen LogP contribution in [-0.2, 0) is 14.3 Å². The van der Waals surface area contributed by atoms with Crippen LogP contribution >= 0.6 is 0 Å². The summed E-state index contributed by atoms with van der Waals surface area (Å²) < 4.78 is 4.94. The lowest BCUT2D eigenvalue weighted by Crippen LogP contribution is -2.03. The van der Waals surface area contributed by atoms with Crippen molar-refractivity contribution in [1.29, 1.82) is 0 Å². The van der Waals surface area contributed by atoms with Crippen LogP contribution in [0.15, 0.2) is 0 Å². The predicted molar refractivity (Wildman–Crippen MR) is 126 cm³/mol. The molecule has 0 atom stereocenters. The first-order chi connectivity index (χ1) is 14.7. The van der Waals surface area contributed by atoms with Crippen LogP contribution in [0.3, 0.4) is 0 Å². The Morgan fingerprint density at radius 3 is 1.03 bits per heavy atom. The zero-order valence-corrected chi connectivity index (χ0v) is 19.9. The number of carboxylic acids is 1. The zero-order valence-electron chi connectivity index (χ0n) is 19.9. The summed E-state index contributed by atoms with van der Waals surface area (Å²) in [5.41, 5.74) is 0. The summed E-state index contributed by atoms with van der Waals surface area (Å²) in [6.45, 7) is 2.36. The van der Waals surface area contributed by atoms with Crippen LogP contribution < -0.4 is 0 Å². The molecule has 30 heavy (non-hydrogen) atoms. The highest BCUT2D eigenvalue weighted by molar-refractivity contribution is 5.69. The second-order valence-electron chi connectivity index (χ2n) is 8.77. The van der Waals surface area contributed by atoms with Gasteiger partial charge in [0.25, 0.3) is 0 Å². The van der Waals surface area contributed by atoms with E-state index in [9.17, 15) is 9.59 Å². The van der Waals surface area contributed by atoms with Gasteiger partial charge in [-0.3, -0.25) is 9.59 Å². The van der Waals surface area contributed by atoms with E-state index in [4.69, 9.17) is 9.84 Å². The molecule has 0 aromatic heterocycles. The van der Waals surface area contributed by atoms with Gasteiger partial charge in [-0.2, -0.15) is 0 Å². The average Bonchev–Trinajstić information content (AvgIpc) is 2.71. The number of rotatable bonds is 24. The summed E-state index contributed by atoms with van der Waals surface area (Å²) in [4.78, 5) is 21.6. The average molecular weight is 427 g/mol. The highest BCUT2D eigenvalue weighted by Gasteiger charge is 2.01. The Morgan fingerprint density at radius 2 is 0.767 bits per heavy atom. The molecule has 0 rings (SSSR count). The van der Waals surface area contributed by atoms with Crippen LogP contribution in [0.2, 0.25) is 0 Å². The van der Waals surface area contributed by atoms with Crippen LogP contribution in [0, 0.1) is 0 Å². The van der Waals surface area contributed by atoms with Gasteiger partial charge in [0.05, 0.1) is 6.61 Å². The Labute approximate surface area is 186 Å². The number of esters is 1. The van der Waals surface area contributed by atoms with Gasteiger partial charge in [-0.25, -0.2) is 0 Å². The number of carbonyl (C=O) groups is 2. The molecule has 0 unspecified atom stereocenters. The second kappa shape index (κ2) is 24.2. The summed E-state index contributed by atoms with van der Waals surface area (Å²) >= 11 is 0. The minimum Gasteiger partial charge on any atom is -0.481 e. The van der Waals surface area contributed by atoms with Gasteiger partial charge in [0, 0.05) is 12.8 Å². The SMILES string of the molecule is CCOC(=O)CCCCCCCCCCCCCCCCCCCCCCC(=O)O. The molecule has 0 aliphatic carbocycles. The molecule has 0 saturated carbocycles. The van der Waals surface area contributed by atoms with Crippen molar-refractivity contribution in [3.63, 3.8) is 0 Å². The molecule has 0 fully saturated rings. The molecule has 0 bridgehead atoms. The van der Waals surface area contributed by atoms with Crippen LogP contribution in [-0.4, -0.2) is 23.7 Å². The lowest BCUT2D eigenvalue weighted by atomic mass is 10.0. The van der Waals surface area contributed by atoms with Crippen LogP contribution in [0.25, 0.3) is 0 Å². The molecular weight excluding hydrogens is 376 g/mol. The lowest BCUT2D eigenvalue weighted by molar-refractivity contribution is -0.143. The predicted octanol–water partition coefficient (Wildman–Crippen LogP) is 8.22. The zero-order chi connectivity index (χ0) is 22.1. The van der Waals surface area contributed by atoms with E-state index in [0.29, 0.717) is 19.4 Å². The minimum absolute atomic E-state index is 0.0424. The molecule has 0 radical (unpaired) electrons. The van der Waals surface area contributed by atoms with Gasteiger partial charge in [-0.05, 0) is 19.8 Å². The number of hydrogen-bond donors (Lipinski definition) is 1. The van der Waals surface area contributed by atoms with Crippen molar-refractivity contribution < 1.29 is 19.4 Å². The number of unbranched alkanes of at least 4 members (excludes halogenated alkanes) is 19. The molecular formula is C26H50O4. The van der Waals surface area contributed by atoms with E-state index < -0.39 is 5.97 Å². The normalized spacial score (nSPS) is 11.0. The minimum atomic E-state index is -0.661. The fourth-order valence-corrected chi connectivity index (χ4v) is 3.96. The largest absolute Gasteiger partial charge is 0.481 e. The maximum absolute atomic E-state index is 11.2. The number of aliphatic carboxylic acids is 1. The first kappa shape index (κ1) is 28.9. The molecule has 1 N–H and O–H groups in total. The molecule has 0 aromatic carbocycles. The van der Waals surface area contributed by atoms with Crippen molar-refractivity contribution in [2.24, 2.45) is 0 Å². The summed E-state index contributed by atoms with van der Waals surface area (Å²) in [7, 11) is 0. The van der Waals surface area contributed by atoms with E-state index in [0.717, 1.165) is 25.7 Å². The van der Waals surface area contributed by atoms with Crippen molar-refractivity contribution in [2.75, 3.05) is 6.61 Å². The summed E-state index contributed by atoms with van der Waals surface area (Å²) in [5, 5.41) is 8.59. The van der Waals surface area contributed by atoms with Crippen molar-refractivity contribution in [3.05, 3.63) is 0 Å². The topological polar surface area (TPSA) is 63.6 Å². The van der Waals surface area contributed by atoms with Gasteiger partial charge in [0.2, 0.25) is 0 Å². The fraction of sp³-hybridized carbons (Fsp3) is 0.923. The third-order valence-corrected chi connectivity index (χ3v) is 5.83. The maximum atomic E-state index is 11.2. The van der Waals surface area contributed by atoms with E-state index in [1.807, 2.05) is 6.92 Å². The van der Waals surface area contributed by atoms with Gasteiger partial charge in [-0.1, -0.05) is 116 Å². The Morgan fingerprint density at radius 1 is 0.500 bits per heavy atom. The molecule has 0 spiro atoms. The summed E-state index contributed by atoms with van der Waals surface area (Å²) in [5.74, 6) is -0.704. The van der Waals surface area contributed by atoms with E-state index in [-0.39, 0.29) is 5.97 Å². The molecule has 0 amide bonds. The summed E-state index contributed by atoms with van der Waals surface area (Å²) in [6.07, 6.45) is 26.5. The second-order valence-corrected chi connectivity index (χ2v) is 8.77. The first-order valence-corrected chi connectivity index (χ1v) is 13.0. The molecule has 0 aliphatic heterocycles. The molecule has 0 saturated heterocycles. The molecule has 4 heteroatoms. The highest BCUT2D eigenvalue weighted by Crippen LogP contribution is 2.15. The van der Waals surface area contributed by atoms with E-state index in [1.54, 1.807) is 0 Å². The van der Waals surface area contributed by atoms with E-state index in [2.05, 4.69) is 0 Å². The number of carbonyl (C=O) groups excluding carboxylic acids is 1. The number of ether oxygens (including phenoxy) is 1. The van der Waals surface area contributed by atoms with Gasteiger partial charge in [-0.15, -0.1) is 0 Å². The molecule has 0 heterocycles. The van der Waals surface area contributed by atoms with Crippen LogP contribution in [0.1, 0.15) is 148 Å². The quantitative estimate of drug-likeness (QED) is 0.125. The van der Waals surface area contributed by atoms with Gasteiger partial charge in [0.15, 0.2) is 0 Å². The van der Waals surface area contributed by atoms with Gasteiger partial charge in [0.1, 0.15) is 0 Å². The molecule has 0 aliphatic rings. The summed E-state index contributed by atoms with van der Waals surface area (Å²) in [6, 6.07) is 0. The van der Waals surface area contributed by atoms with Crippen molar-refractivity contribution >= 4 is 11.9 Å². The monoisotopic (exact) mass is 426 g/mol. The van der Waals surface area contributed by atoms with Crippen LogP contribution in [0.5, 0.6) is 0 Å². The van der Waals surface area contributed by atoms with Gasteiger partial charge >= 0.3 is 11.9 Å². The first-order valence-electron chi connectivity index (χ1n) is 13.0. The fourth-order valence-electron chi connectivity index (χ4n) is 3.96. The number of carboxylic acid groups (broad SMARTS) is 1. The Hall–Kier alpha value is -1.06. The smallest absolute Gasteiger partial charge is 0.305 e. The number of hydrogen-bond acceptors (Lipinski definition) is 3. The van der Waals surface area contributed by atoms with E-state index >= 15 is 0 Å². The van der Waals surface area contributed by atoms with Gasteiger partial charge < -0.3 is 9.84 Å². The van der Waals surface area contributed by atoms with Crippen molar-refractivity contribution in [1.82, 2.24) is 0 Å². The molecule has 4 nitrogen and oxygen atoms in total. The lowest BCUT2D eigenvalue weighted by Gasteiger charge is -2.04. The van der Waals surface area contributed by atoms with Crippen molar-refractivity contribution in [2.45, 2.75) is 148 Å². The molecule has 178 valence electrons. The van der Waals surface area contributed by atoms with E-state index in [1.165, 1.54) is 103 Å². The molecule has 0 aromatic rings. The third-order valence-electron chi connectivity index (χ3n) is 5.83. The third kappa shape index (κ3) is 25.0.